The van der Waals surface area contributed by atoms with Crippen LogP contribution in [0.4, 0.5) is 17.1 Å². The number of para-hydroxylation sites is 2. The Morgan fingerprint density at radius 3 is 2.04 bits per heavy atom. The van der Waals surface area contributed by atoms with Crippen LogP contribution in [-0.2, 0) is 6.42 Å². The number of rotatable bonds is 6. The van der Waals surface area contributed by atoms with E-state index in [1.165, 1.54) is 60.5 Å². The van der Waals surface area contributed by atoms with E-state index in [0.717, 1.165) is 57.4 Å². The van der Waals surface area contributed by atoms with E-state index in [4.69, 9.17) is 4.42 Å². The average molecular weight is 716 g/mol. The molecule has 1 heterocycles. The fourth-order valence-electron chi connectivity index (χ4n) is 8.97. The Labute approximate surface area is 326 Å². The SMILES string of the molecule is C1=Cc2cccc(-c3cccc(N(c4ccc(-c5cccc6oc7ccccc7c56)cc4)c4ccccc4-c4cc5ccccc5c5ccccc45)c3)c2CC1. The summed E-state index contributed by atoms with van der Waals surface area (Å²) < 4.78 is 6.28. The summed E-state index contributed by atoms with van der Waals surface area (Å²) in [7, 11) is 0. The van der Waals surface area contributed by atoms with Crippen molar-refractivity contribution in [3.63, 3.8) is 0 Å². The van der Waals surface area contributed by atoms with Crippen molar-refractivity contribution in [2.45, 2.75) is 12.8 Å². The Balaban J connectivity index is 1.12. The molecule has 264 valence electrons. The number of hydrogen-bond acceptors (Lipinski definition) is 2. The normalized spacial score (nSPS) is 12.4. The fourth-order valence-corrected chi connectivity index (χ4v) is 8.97. The lowest BCUT2D eigenvalue weighted by atomic mass is 9.89. The molecule has 56 heavy (non-hydrogen) atoms. The maximum atomic E-state index is 6.28. The lowest BCUT2D eigenvalue weighted by Crippen LogP contribution is -2.11. The molecule has 0 saturated heterocycles. The number of hydrogen-bond donors (Lipinski definition) is 0. The van der Waals surface area contributed by atoms with Crippen molar-refractivity contribution < 1.29 is 4.42 Å². The van der Waals surface area contributed by atoms with Gasteiger partial charge in [0.1, 0.15) is 11.2 Å². The summed E-state index contributed by atoms with van der Waals surface area (Å²) >= 11 is 0. The standard InChI is InChI=1S/C54H37NO/c1-3-19-42-36(14-1)16-12-25-43(42)38-17-11-18-41(34-38)55(40-32-30-37(31-33-40)45-26-13-29-53-54(45)49-24-8-10-28-52(49)56-53)51-27-9-7-23-48(51)50-35-39-15-2-4-20-44(39)46-21-5-6-22-47(46)50/h1-2,4-18,20-35H,3,19H2. The van der Waals surface area contributed by atoms with Crippen molar-refractivity contribution in [2.75, 3.05) is 4.90 Å². The van der Waals surface area contributed by atoms with Crippen molar-refractivity contribution >= 4 is 66.6 Å². The molecule has 10 aromatic rings. The molecule has 0 bridgehead atoms. The lowest BCUT2D eigenvalue weighted by Gasteiger charge is -2.29. The Morgan fingerprint density at radius 2 is 1.12 bits per heavy atom. The predicted molar refractivity (Wildman–Crippen MR) is 237 cm³/mol. The quantitative estimate of drug-likeness (QED) is 0.159. The van der Waals surface area contributed by atoms with Gasteiger partial charge in [-0.3, -0.25) is 0 Å². The largest absolute Gasteiger partial charge is 0.456 e. The number of nitrogens with zero attached hydrogens (tertiary/aromatic N) is 1. The van der Waals surface area contributed by atoms with E-state index in [9.17, 15) is 0 Å². The Morgan fingerprint density at radius 1 is 0.429 bits per heavy atom. The molecule has 0 unspecified atom stereocenters. The third-order valence-corrected chi connectivity index (χ3v) is 11.5. The van der Waals surface area contributed by atoms with Crippen LogP contribution in [0, 0.1) is 0 Å². The second-order valence-electron chi connectivity index (χ2n) is 14.7. The van der Waals surface area contributed by atoms with Gasteiger partial charge in [-0.25, -0.2) is 0 Å². The molecule has 1 aliphatic carbocycles. The number of fused-ring (bicyclic) bond motifs is 7. The van der Waals surface area contributed by atoms with Crippen LogP contribution in [0.15, 0.2) is 199 Å². The van der Waals surface area contributed by atoms with Gasteiger partial charge in [0.2, 0.25) is 0 Å². The number of allylic oxidation sites excluding steroid dienone is 1. The minimum atomic E-state index is 0.904. The van der Waals surface area contributed by atoms with Gasteiger partial charge in [0.15, 0.2) is 0 Å². The van der Waals surface area contributed by atoms with E-state index < -0.39 is 0 Å². The summed E-state index contributed by atoms with van der Waals surface area (Å²) in [5, 5.41) is 7.29. The molecular formula is C54H37NO. The maximum absolute atomic E-state index is 6.28. The van der Waals surface area contributed by atoms with Gasteiger partial charge in [0, 0.05) is 27.7 Å². The lowest BCUT2D eigenvalue weighted by molar-refractivity contribution is 0.669. The number of furan rings is 1. The molecule has 0 radical (unpaired) electrons. The highest BCUT2D eigenvalue weighted by Crippen LogP contribution is 2.46. The molecule has 0 aliphatic heterocycles. The first-order chi connectivity index (χ1) is 27.8. The molecule has 0 N–H and O–H groups in total. The molecule has 0 saturated carbocycles. The Bertz CT molecular complexity index is 3150. The van der Waals surface area contributed by atoms with E-state index in [1.807, 2.05) is 12.1 Å². The van der Waals surface area contributed by atoms with Gasteiger partial charge < -0.3 is 9.32 Å². The van der Waals surface area contributed by atoms with Crippen LogP contribution in [0.25, 0.3) is 82.9 Å². The van der Waals surface area contributed by atoms with Gasteiger partial charge in [-0.2, -0.15) is 0 Å². The van der Waals surface area contributed by atoms with Gasteiger partial charge in [-0.05, 0) is 122 Å². The van der Waals surface area contributed by atoms with Crippen molar-refractivity contribution in [1.82, 2.24) is 0 Å². The maximum Gasteiger partial charge on any atom is 0.136 e. The van der Waals surface area contributed by atoms with Crippen LogP contribution in [0.3, 0.4) is 0 Å². The molecule has 0 fully saturated rings. The highest BCUT2D eigenvalue weighted by Gasteiger charge is 2.21. The third-order valence-electron chi connectivity index (χ3n) is 11.5. The molecule has 2 heteroatoms. The van der Waals surface area contributed by atoms with Crippen molar-refractivity contribution in [3.05, 3.63) is 205 Å². The van der Waals surface area contributed by atoms with Crippen LogP contribution in [0.1, 0.15) is 17.5 Å². The first-order valence-corrected chi connectivity index (χ1v) is 19.5. The molecule has 1 aliphatic rings. The summed E-state index contributed by atoms with van der Waals surface area (Å²) in [5.74, 6) is 0. The molecule has 9 aromatic carbocycles. The first kappa shape index (κ1) is 32.3. The van der Waals surface area contributed by atoms with E-state index in [1.54, 1.807) is 0 Å². The number of benzene rings is 9. The monoisotopic (exact) mass is 715 g/mol. The highest BCUT2D eigenvalue weighted by atomic mass is 16.3. The molecule has 0 amide bonds. The zero-order valence-electron chi connectivity index (χ0n) is 30.8. The van der Waals surface area contributed by atoms with Crippen LogP contribution >= 0.6 is 0 Å². The van der Waals surface area contributed by atoms with E-state index in [-0.39, 0.29) is 0 Å². The Hall–Kier alpha value is -7.16. The van der Waals surface area contributed by atoms with Gasteiger partial charge >= 0.3 is 0 Å². The van der Waals surface area contributed by atoms with E-state index in [0.29, 0.717) is 0 Å². The zero-order valence-corrected chi connectivity index (χ0v) is 30.8. The van der Waals surface area contributed by atoms with Gasteiger partial charge in [-0.15, -0.1) is 0 Å². The zero-order chi connectivity index (χ0) is 37.0. The van der Waals surface area contributed by atoms with Gasteiger partial charge in [0.25, 0.3) is 0 Å². The second kappa shape index (κ2) is 13.3. The topological polar surface area (TPSA) is 16.4 Å². The number of anilines is 3. The van der Waals surface area contributed by atoms with Crippen molar-refractivity contribution in [1.29, 1.82) is 0 Å². The van der Waals surface area contributed by atoms with Gasteiger partial charge in [-0.1, -0.05) is 152 Å². The third kappa shape index (κ3) is 5.33. The molecule has 0 spiro atoms. The predicted octanol–water partition coefficient (Wildman–Crippen LogP) is 15.3. The van der Waals surface area contributed by atoms with E-state index in [2.05, 4.69) is 193 Å². The summed E-state index contributed by atoms with van der Waals surface area (Å²) in [6.45, 7) is 0. The summed E-state index contributed by atoms with van der Waals surface area (Å²) in [6, 6.07) is 68.4. The molecule has 0 atom stereocenters. The highest BCUT2D eigenvalue weighted by molar-refractivity contribution is 6.15. The summed E-state index contributed by atoms with van der Waals surface area (Å²) in [5.41, 5.74) is 15.1. The van der Waals surface area contributed by atoms with Crippen LogP contribution < -0.4 is 4.90 Å². The van der Waals surface area contributed by atoms with Crippen LogP contribution in [0.5, 0.6) is 0 Å². The van der Waals surface area contributed by atoms with Gasteiger partial charge in [0.05, 0.1) is 5.69 Å². The van der Waals surface area contributed by atoms with Crippen molar-refractivity contribution in [3.8, 4) is 33.4 Å². The fraction of sp³-hybridized carbons (Fsp3) is 0.0370. The van der Waals surface area contributed by atoms with Crippen molar-refractivity contribution in [2.24, 2.45) is 0 Å². The smallest absolute Gasteiger partial charge is 0.136 e. The Kier molecular flexibility index (Phi) is 7.67. The van der Waals surface area contributed by atoms with Crippen LogP contribution in [-0.4, -0.2) is 0 Å². The van der Waals surface area contributed by atoms with Crippen LogP contribution in [0.2, 0.25) is 0 Å². The summed E-state index contributed by atoms with van der Waals surface area (Å²) in [4.78, 5) is 2.44. The van der Waals surface area contributed by atoms with E-state index >= 15 is 0 Å². The molecular weight excluding hydrogens is 679 g/mol. The first-order valence-electron chi connectivity index (χ1n) is 19.5. The second-order valence-corrected chi connectivity index (χ2v) is 14.7. The molecule has 2 nitrogen and oxygen atoms in total. The molecule has 1 aromatic heterocycles. The minimum absolute atomic E-state index is 0.904. The molecule has 11 rings (SSSR count). The minimum Gasteiger partial charge on any atom is -0.456 e. The average Bonchev–Trinajstić information content (AvgIpc) is 3.66. The summed E-state index contributed by atoms with van der Waals surface area (Å²) in [6.07, 6.45) is 6.68.